The van der Waals surface area contributed by atoms with E-state index in [0.717, 1.165) is 38.9 Å². The second-order valence-electron chi connectivity index (χ2n) is 6.37. The maximum absolute atomic E-state index is 12.1. The minimum atomic E-state index is -0.460. The van der Waals surface area contributed by atoms with Crippen LogP contribution in [0.5, 0.6) is 0 Å². The molecule has 1 aliphatic carbocycles. The molecule has 3 aromatic rings. The average molecular weight is 384 g/mol. The number of fused-ring (bicyclic) bond motifs is 3. The van der Waals surface area contributed by atoms with E-state index in [1.165, 1.54) is 0 Å². The van der Waals surface area contributed by atoms with E-state index in [9.17, 15) is 9.90 Å². The summed E-state index contributed by atoms with van der Waals surface area (Å²) in [5.74, 6) is -0.460. The number of hydrogen-bond acceptors (Lipinski definition) is 2. The van der Waals surface area contributed by atoms with Crippen LogP contribution in [0, 0.1) is 0 Å². The lowest BCUT2D eigenvalue weighted by Gasteiger charge is -2.11. The summed E-state index contributed by atoms with van der Waals surface area (Å²) in [5, 5.41) is 10.3. The van der Waals surface area contributed by atoms with Crippen molar-refractivity contribution in [2.75, 3.05) is 0 Å². The van der Waals surface area contributed by atoms with Crippen molar-refractivity contribution in [1.29, 1.82) is 0 Å². The molecule has 0 aromatic heterocycles. The molecule has 130 valence electrons. The van der Waals surface area contributed by atoms with Gasteiger partial charge in [-0.3, -0.25) is 4.79 Å². The summed E-state index contributed by atoms with van der Waals surface area (Å²) in [6, 6.07) is 15.1. The predicted molar refractivity (Wildman–Crippen MR) is 105 cm³/mol. The number of aliphatic hydroxyl groups is 1. The molecule has 0 bridgehead atoms. The number of amides is 1. The predicted octanol–water partition coefficient (Wildman–Crippen LogP) is 4.82. The zero-order valence-electron chi connectivity index (χ0n) is 13.7. The molecule has 3 nitrogen and oxygen atoms in total. The third kappa shape index (κ3) is 2.78. The van der Waals surface area contributed by atoms with E-state index in [-0.39, 0.29) is 6.61 Å². The first-order chi connectivity index (χ1) is 12.5. The Balaban J connectivity index is 1.93. The molecular formula is C21H15Cl2NO2. The molecule has 1 amide bonds. The van der Waals surface area contributed by atoms with E-state index < -0.39 is 5.91 Å². The van der Waals surface area contributed by atoms with Gasteiger partial charge in [0.15, 0.2) is 0 Å². The smallest absolute Gasteiger partial charge is 0.249 e. The van der Waals surface area contributed by atoms with Crippen molar-refractivity contribution in [3.05, 3.63) is 80.8 Å². The third-order valence-corrected chi connectivity index (χ3v) is 5.52. The maximum atomic E-state index is 12.1. The lowest BCUT2D eigenvalue weighted by molar-refractivity contribution is 0.0999. The molecule has 5 heteroatoms. The number of hydrogen-bond donors (Lipinski definition) is 2. The Kier molecular flexibility index (Phi) is 4.23. The van der Waals surface area contributed by atoms with E-state index in [1.54, 1.807) is 18.2 Å². The number of carbonyl (C=O) groups excluding carboxylic acids is 1. The van der Waals surface area contributed by atoms with Crippen molar-refractivity contribution in [1.82, 2.24) is 0 Å². The molecule has 3 N–H and O–H groups in total. The molecule has 4 rings (SSSR count). The number of aliphatic hydroxyl groups excluding tert-OH is 1. The lowest BCUT2D eigenvalue weighted by Crippen LogP contribution is -2.13. The number of halogens is 2. The molecule has 0 spiro atoms. The van der Waals surface area contributed by atoms with Crippen LogP contribution in [-0.2, 0) is 13.0 Å². The van der Waals surface area contributed by atoms with E-state index in [4.69, 9.17) is 28.9 Å². The molecule has 26 heavy (non-hydrogen) atoms. The van der Waals surface area contributed by atoms with Gasteiger partial charge in [0.2, 0.25) is 5.91 Å². The zero-order valence-corrected chi connectivity index (χ0v) is 15.2. The Morgan fingerprint density at radius 1 is 0.962 bits per heavy atom. The van der Waals surface area contributed by atoms with Crippen LogP contribution in [0.1, 0.15) is 27.0 Å². The van der Waals surface area contributed by atoms with Crippen LogP contribution in [0.2, 0.25) is 10.0 Å². The second-order valence-corrected chi connectivity index (χ2v) is 7.18. The van der Waals surface area contributed by atoms with Crippen LogP contribution in [0.4, 0.5) is 0 Å². The largest absolute Gasteiger partial charge is 0.392 e. The molecule has 0 saturated carbocycles. The Morgan fingerprint density at radius 3 is 2.46 bits per heavy atom. The molecular weight excluding hydrogens is 369 g/mol. The summed E-state index contributed by atoms with van der Waals surface area (Å²) < 4.78 is 0. The minimum Gasteiger partial charge on any atom is -0.392 e. The van der Waals surface area contributed by atoms with Gasteiger partial charge in [-0.1, -0.05) is 47.5 Å². The van der Waals surface area contributed by atoms with Gasteiger partial charge in [-0.25, -0.2) is 0 Å². The Morgan fingerprint density at radius 2 is 1.77 bits per heavy atom. The quantitative estimate of drug-likeness (QED) is 0.532. The summed E-state index contributed by atoms with van der Waals surface area (Å²) in [5.41, 5.74) is 12.8. The normalized spacial score (nSPS) is 12.0. The van der Waals surface area contributed by atoms with Gasteiger partial charge in [0.05, 0.1) is 16.7 Å². The molecule has 1 aliphatic rings. The van der Waals surface area contributed by atoms with Gasteiger partial charge in [-0.05, 0) is 69.6 Å². The fourth-order valence-electron chi connectivity index (χ4n) is 3.51. The number of primary amides is 1. The van der Waals surface area contributed by atoms with Crippen molar-refractivity contribution >= 4 is 29.1 Å². The third-order valence-electron chi connectivity index (χ3n) is 4.78. The number of carbonyl (C=O) groups is 1. The van der Waals surface area contributed by atoms with Crippen LogP contribution in [0.15, 0.2) is 48.5 Å². The monoisotopic (exact) mass is 383 g/mol. The van der Waals surface area contributed by atoms with E-state index in [2.05, 4.69) is 0 Å². The maximum Gasteiger partial charge on any atom is 0.249 e. The lowest BCUT2D eigenvalue weighted by atomic mass is 9.94. The fourth-order valence-corrected chi connectivity index (χ4v) is 3.81. The van der Waals surface area contributed by atoms with E-state index in [1.807, 2.05) is 30.3 Å². The Labute approximate surface area is 161 Å². The van der Waals surface area contributed by atoms with Crippen LogP contribution in [0.25, 0.3) is 22.3 Å². The molecule has 3 aromatic carbocycles. The highest BCUT2D eigenvalue weighted by Crippen LogP contribution is 2.42. The van der Waals surface area contributed by atoms with E-state index in [0.29, 0.717) is 22.0 Å². The average Bonchev–Trinajstić information content (AvgIpc) is 3.00. The fraction of sp³-hybridized carbons (Fsp3) is 0.0952. The zero-order chi connectivity index (χ0) is 18.4. The topological polar surface area (TPSA) is 63.3 Å². The van der Waals surface area contributed by atoms with Gasteiger partial charge in [-0.15, -0.1) is 0 Å². The van der Waals surface area contributed by atoms with Crippen molar-refractivity contribution in [3.63, 3.8) is 0 Å². The van der Waals surface area contributed by atoms with Gasteiger partial charge >= 0.3 is 0 Å². The summed E-state index contributed by atoms with van der Waals surface area (Å²) in [4.78, 5) is 12.1. The summed E-state index contributed by atoms with van der Waals surface area (Å²) in [7, 11) is 0. The first kappa shape index (κ1) is 17.1. The Bertz CT molecular complexity index is 1060. The van der Waals surface area contributed by atoms with Crippen LogP contribution >= 0.6 is 23.2 Å². The minimum absolute atomic E-state index is 0.0131. The van der Waals surface area contributed by atoms with Crippen LogP contribution in [0.3, 0.4) is 0 Å². The van der Waals surface area contributed by atoms with Crippen molar-refractivity contribution < 1.29 is 9.90 Å². The highest BCUT2D eigenvalue weighted by molar-refractivity contribution is 6.42. The SMILES string of the molecule is NC(=O)c1cc(-c2ccc(Cl)c(Cl)c2)cc2c1Cc1cc(CO)ccc1-2. The van der Waals surface area contributed by atoms with Gasteiger partial charge in [-0.2, -0.15) is 0 Å². The highest BCUT2D eigenvalue weighted by atomic mass is 35.5. The molecule has 0 heterocycles. The molecule has 0 atom stereocenters. The highest BCUT2D eigenvalue weighted by Gasteiger charge is 2.24. The molecule has 0 aliphatic heterocycles. The molecule has 0 saturated heterocycles. The van der Waals surface area contributed by atoms with Crippen LogP contribution < -0.4 is 5.73 Å². The van der Waals surface area contributed by atoms with E-state index >= 15 is 0 Å². The number of benzene rings is 3. The van der Waals surface area contributed by atoms with Crippen molar-refractivity contribution in [2.24, 2.45) is 5.73 Å². The van der Waals surface area contributed by atoms with Gasteiger partial charge in [0.1, 0.15) is 0 Å². The standard InChI is InChI=1S/C21H15Cl2NO2/c22-19-4-2-12(9-20(19)23)13-6-16-15-3-1-11(10-25)5-14(15)8-17(16)18(7-13)21(24)26/h1-7,9,25H,8,10H2,(H2,24,26). The molecule has 0 unspecified atom stereocenters. The molecule has 0 fully saturated rings. The first-order valence-electron chi connectivity index (χ1n) is 8.13. The van der Waals surface area contributed by atoms with Gasteiger partial charge < -0.3 is 10.8 Å². The second kappa shape index (κ2) is 6.44. The van der Waals surface area contributed by atoms with Crippen molar-refractivity contribution in [2.45, 2.75) is 13.0 Å². The van der Waals surface area contributed by atoms with Gasteiger partial charge in [0.25, 0.3) is 0 Å². The Hall–Kier alpha value is -2.33. The summed E-state index contributed by atoms with van der Waals surface area (Å²) in [6.07, 6.45) is 0.623. The van der Waals surface area contributed by atoms with Crippen LogP contribution in [-0.4, -0.2) is 11.0 Å². The van der Waals surface area contributed by atoms with Gasteiger partial charge in [0, 0.05) is 5.56 Å². The molecule has 0 radical (unpaired) electrons. The first-order valence-corrected chi connectivity index (χ1v) is 8.88. The summed E-state index contributed by atoms with van der Waals surface area (Å²) in [6.45, 7) is -0.0131. The number of rotatable bonds is 3. The number of nitrogens with two attached hydrogens (primary N) is 1. The van der Waals surface area contributed by atoms with Crippen molar-refractivity contribution in [3.8, 4) is 22.3 Å². The summed E-state index contributed by atoms with van der Waals surface area (Å²) >= 11 is 12.2.